The second kappa shape index (κ2) is 6.17. The zero-order valence-corrected chi connectivity index (χ0v) is 11.4. The minimum atomic E-state index is -0.526. The minimum Gasteiger partial charge on any atom is -0.484 e. The van der Waals surface area contributed by atoms with Gasteiger partial charge in [-0.25, -0.2) is 4.39 Å². The van der Waals surface area contributed by atoms with E-state index in [1.165, 1.54) is 18.2 Å². The number of carbonyl (C=O) groups is 1. The molecule has 0 saturated carbocycles. The first-order valence-corrected chi connectivity index (χ1v) is 6.52. The summed E-state index contributed by atoms with van der Waals surface area (Å²) in [6.07, 6.45) is 0.627. The van der Waals surface area contributed by atoms with Gasteiger partial charge in [-0.05, 0) is 30.3 Å². The van der Waals surface area contributed by atoms with Crippen LogP contribution in [0.1, 0.15) is 16.2 Å². The summed E-state index contributed by atoms with van der Waals surface area (Å²) in [4.78, 5) is 14.8. The lowest BCUT2D eigenvalue weighted by molar-refractivity contribution is 0.112. The molecule has 0 radical (unpaired) electrons. The van der Waals surface area contributed by atoms with Crippen molar-refractivity contribution in [1.29, 1.82) is 0 Å². The molecule has 3 rings (SSSR count). The molecule has 0 bridgehead atoms. The molecule has 0 atom stereocenters. The molecule has 2 aromatic carbocycles. The Labute approximate surface area is 125 Å². The number of carbonyl (C=O) groups excluding carboxylic acids is 1. The van der Waals surface area contributed by atoms with Crippen molar-refractivity contribution in [3.63, 3.8) is 0 Å². The van der Waals surface area contributed by atoms with Crippen molar-refractivity contribution in [1.82, 2.24) is 10.1 Å². The van der Waals surface area contributed by atoms with Gasteiger partial charge in [0.2, 0.25) is 5.82 Å². The molecule has 0 saturated heterocycles. The number of hydrogen-bond donors (Lipinski definition) is 0. The van der Waals surface area contributed by atoms with Gasteiger partial charge in [0, 0.05) is 5.56 Å². The Hall–Kier alpha value is -3.02. The molecule has 22 heavy (non-hydrogen) atoms. The first-order valence-electron chi connectivity index (χ1n) is 6.52. The van der Waals surface area contributed by atoms with Crippen molar-refractivity contribution >= 4 is 6.29 Å². The zero-order chi connectivity index (χ0) is 15.4. The average Bonchev–Trinajstić information content (AvgIpc) is 3.03. The van der Waals surface area contributed by atoms with Crippen molar-refractivity contribution in [2.45, 2.75) is 6.61 Å². The molecule has 0 fully saturated rings. The Morgan fingerprint density at radius 3 is 2.77 bits per heavy atom. The second-order valence-electron chi connectivity index (χ2n) is 4.47. The number of aldehydes is 1. The molecule has 0 unspecified atom stereocenters. The van der Waals surface area contributed by atoms with Crippen LogP contribution in [0.5, 0.6) is 5.75 Å². The number of halogens is 1. The van der Waals surface area contributed by atoms with Crippen LogP contribution in [0.3, 0.4) is 0 Å². The van der Waals surface area contributed by atoms with Gasteiger partial charge in [-0.1, -0.05) is 23.4 Å². The van der Waals surface area contributed by atoms with Crippen molar-refractivity contribution in [2.24, 2.45) is 0 Å². The number of nitrogens with zero attached hydrogens (tertiary/aromatic N) is 2. The van der Waals surface area contributed by atoms with Gasteiger partial charge in [-0.15, -0.1) is 0 Å². The highest BCUT2D eigenvalue weighted by atomic mass is 19.1. The number of hydrogen-bond acceptors (Lipinski definition) is 5. The number of rotatable bonds is 5. The highest BCUT2D eigenvalue weighted by molar-refractivity contribution is 5.77. The fourth-order valence-electron chi connectivity index (χ4n) is 1.87. The molecule has 0 aliphatic carbocycles. The number of para-hydroxylation sites is 1. The highest BCUT2D eigenvalue weighted by Crippen LogP contribution is 2.21. The summed E-state index contributed by atoms with van der Waals surface area (Å²) >= 11 is 0. The van der Waals surface area contributed by atoms with E-state index in [9.17, 15) is 9.18 Å². The van der Waals surface area contributed by atoms with Gasteiger partial charge in [-0.2, -0.15) is 4.98 Å². The van der Waals surface area contributed by atoms with Gasteiger partial charge in [0.25, 0.3) is 5.89 Å². The molecule has 110 valence electrons. The van der Waals surface area contributed by atoms with Crippen LogP contribution in [0.25, 0.3) is 11.4 Å². The SMILES string of the molecule is O=Cc1ccc(F)c(-c2noc(COc3ccccc3)n2)c1. The second-order valence-corrected chi connectivity index (χ2v) is 4.47. The van der Waals surface area contributed by atoms with Gasteiger partial charge in [-0.3, -0.25) is 4.79 Å². The Bertz CT molecular complexity index is 787. The van der Waals surface area contributed by atoms with Crippen LogP contribution in [-0.2, 0) is 6.61 Å². The minimum absolute atomic E-state index is 0.0754. The molecule has 1 aromatic heterocycles. The van der Waals surface area contributed by atoms with Gasteiger partial charge in [0.1, 0.15) is 17.9 Å². The summed E-state index contributed by atoms with van der Waals surface area (Å²) in [5.74, 6) is 0.431. The molecule has 0 spiro atoms. The van der Waals surface area contributed by atoms with E-state index in [4.69, 9.17) is 9.26 Å². The smallest absolute Gasteiger partial charge is 0.264 e. The van der Waals surface area contributed by atoms with E-state index in [1.54, 1.807) is 12.1 Å². The maximum atomic E-state index is 13.8. The summed E-state index contributed by atoms with van der Waals surface area (Å²) in [5.41, 5.74) is 0.447. The monoisotopic (exact) mass is 298 g/mol. The van der Waals surface area contributed by atoms with Crippen LogP contribution in [0.15, 0.2) is 53.1 Å². The topological polar surface area (TPSA) is 65.2 Å². The summed E-state index contributed by atoms with van der Waals surface area (Å²) in [6, 6.07) is 13.1. The summed E-state index contributed by atoms with van der Waals surface area (Å²) in [7, 11) is 0. The van der Waals surface area contributed by atoms with E-state index in [0.29, 0.717) is 17.6 Å². The van der Waals surface area contributed by atoms with Crippen LogP contribution in [0.2, 0.25) is 0 Å². The van der Waals surface area contributed by atoms with Gasteiger partial charge >= 0.3 is 0 Å². The Balaban J connectivity index is 1.77. The van der Waals surface area contributed by atoms with Gasteiger partial charge in [0.15, 0.2) is 6.61 Å². The van der Waals surface area contributed by atoms with Gasteiger partial charge < -0.3 is 9.26 Å². The predicted molar refractivity (Wildman–Crippen MR) is 75.9 cm³/mol. The Kier molecular flexibility index (Phi) is 3.91. The quantitative estimate of drug-likeness (QED) is 0.676. The number of aromatic nitrogens is 2. The van der Waals surface area contributed by atoms with E-state index in [1.807, 2.05) is 18.2 Å². The molecule has 5 nitrogen and oxygen atoms in total. The third-order valence-corrected chi connectivity index (χ3v) is 2.94. The van der Waals surface area contributed by atoms with Crippen LogP contribution in [0.4, 0.5) is 4.39 Å². The maximum absolute atomic E-state index is 13.8. The first kappa shape index (κ1) is 13.9. The largest absolute Gasteiger partial charge is 0.484 e. The lowest BCUT2D eigenvalue weighted by atomic mass is 10.1. The van der Waals surface area contributed by atoms with Crippen molar-refractivity contribution in [2.75, 3.05) is 0 Å². The van der Waals surface area contributed by atoms with E-state index in [-0.39, 0.29) is 23.9 Å². The Morgan fingerprint density at radius 1 is 1.18 bits per heavy atom. The average molecular weight is 298 g/mol. The maximum Gasteiger partial charge on any atom is 0.264 e. The number of ether oxygens (including phenoxy) is 1. The third kappa shape index (κ3) is 3.01. The Morgan fingerprint density at radius 2 is 2.00 bits per heavy atom. The fraction of sp³-hybridized carbons (Fsp3) is 0.0625. The zero-order valence-electron chi connectivity index (χ0n) is 11.4. The molecular formula is C16H11FN2O3. The lowest BCUT2D eigenvalue weighted by Gasteiger charge is -2.01. The van der Waals surface area contributed by atoms with Crippen LogP contribution in [0, 0.1) is 5.82 Å². The highest BCUT2D eigenvalue weighted by Gasteiger charge is 2.14. The van der Waals surface area contributed by atoms with E-state index < -0.39 is 5.82 Å². The lowest BCUT2D eigenvalue weighted by Crippen LogP contribution is -1.95. The van der Waals surface area contributed by atoms with Crippen LogP contribution in [-0.4, -0.2) is 16.4 Å². The summed E-state index contributed by atoms with van der Waals surface area (Å²) in [5, 5.41) is 3.71. The third-order valence-electron chi connectivity index (χ3n) is 2.94. The van der Waals surface area contributed by atoms with Crippen molar-refractivity contribution in [3.8, 4) is 17.1 Å². The molecule has 0 N–H and O–H groups in total. The molecule has 0 amide bonds. The fourth-order valence-corrected chi connectivity index (χ4v) is 1.87. The van der Waals surface area contributed by atoms with E-state index >= 15 is 0 Å². The normalized spacial score (nSPS) is 10.4. The summed E-state index contributed by atoms with van der Waals surface area (Å²) in [6.45, 7) is 0.0754. The standard InChI is InChI=1S/C16H11FN2O3/c17-14-7-6-11(9-20)8-13(14)16-18-15(22-19-16)10-21-12-4-2-1-3-5-12/h1-9H,10H2. The van der Waals surface area contributed by atoms with Crippen molar-refractivity contribution < 1.29 is 18.4 Å². The van der Waals surface area contributed by atoms with E-state index in [2.05, 4.69) is 10.1 Å². The number of benzene rings is 2. The molecular weight excluding hydrogens is 287 g/mol. The van der Waals surface area contributed by atoms with Crippen LogP contribution >= 0.6 is 0 Å². The summed E-state index contributed by atoms with van der Waals surface area (Å²) < 4.78 is 24.3. The first-order chi connectivity index (χ1) is 10.8. The molecule has 0 aliphatic heterocycles. The van der Waals surface area contributed by atoms with E-state index in [0.717, 1.165) is 0 Å². The van der Waals surface area contributed by atoms with Crippen molar-refractivity contribution in [3.05, 3.63) is 65.8 Å². The molecule has 3 aromatic rings. The predicted octanol–water partition coefficient (Wildman–Crippen LogP) is 3.27. The van der Waals surface area contributed by atoms with Crippen LogP contribution < -0.4 is 4.74 Å². The molecule has 6 heteroatoms. The molecule has 0 aliphatic rings. The van der Waals surface area contributed by atoms with Gasteiger partial charge in [0.05, 0.1) is 5.56 Å². The molecule has 1 heterocycles.